The summed E-state index contributed by atoms with van der Waals surface area (Å²) in [5, 5.41) is 0. The standard InChI is InChI=1S/C18H20N2O3/c1-19-10-4-5-14(19)11-20(13-8-9-13)18(21)17-12-22-15-6-2-3-7-16(15)23-17/h2-7,10,13,17H,8-9,11-12H2,1H3. The normalized spacial score (nSPS) is 19.4. The molecule has 1 aromatic heterocycles. The van der Waals surface area contributed by atoms with Crippen molar-refractivity contribution in [3.8, 4) is 11.5 Å². The number of carbonyl (C=O) groups is 1. The van der Waals surface area contributed by atoms with Crippen LogP contribution in [-0.4, -0.2) is 34.1 Å². The molecule has 1 fully saturated rings. The minimum atomic E-state index is -0.564. The van der Waals surface area contributed by atoms with Crippen LogP contribution in [0.1, 0.15) is 18.5 Å². The summed E-state index contributed by atoms with van der Waals surface area (Å²) in [5.74, 6) is 1.37. The second kappa shape index (κ2) is 5.65. The average molecular weight is 312 g/mol. The number of hydrogen-bond acceptors (Lipinski definition) is 3. The number of hydrogen-bond donors (Lipinski definition) is 0. The van der Waals surface area contributed by atoms with Gasteiger partial charge < -0.3 is 18.9 Å². The number of nitrogens with zero attached hydrogens (tertiary/aromatic N) is 2. The lowest BCUT2D eigenvalue weighted by Crippen LogP contribution is -2.47. The second-order valence-electron chi connectivity index (χ2n) is 6.17. The van der Waals surface area contributed by atoms with Crippen LogP contribution in [0.5, 0.6) is 11.5 Å². The van der Waals surface area contributed by atoms with E-state index in [4.69, 9.17) is 9.47 Å². The Balaban J connectivity index is 1.51. The number of aromatic nitrogens is 1. The first kappa shape index (κ1) is 14.2. The lowest BCUT2D eigenvalue weighted by Gasteiger charge is -2.31. The quantitative estimate of drug-likeness (QED) is 0.870. The Morgan fingerprint density at radius 3 is 2.70 bits per heavy atom. The summed E-state index contributed by atoms with van der Waals surface area (Å²) < 4.78 is 13.6. The molecule has 0 radical (unpaired) electrons. The van der Waals surface area contributed by atoms with Gasteiger partial charge in [0.25, 0.3) is 5.91 Å². The summed E-state index contributed by atoms with van der Waals surface area (Å²) in [4.78, 5) is 14.9. The van der Waals surface area contributed by atoms with Crippen molar-refractivity contribution in [2.45, 2.75) is 31.5 Å². The fourth-order valence-electron chi connectivity index (χ4n) is 2.93. The van der Waals surface area contributed by atoms with E-state index in [2.05, 4.69) is 10.6 Å². The van der Waals surface area contributed by atoms with Crippen LogP contribution in [-0.2, 0) is 18.4 Å². The molecule has 23 heavy (non-hydrogen) atoms. The molecule has 2 aliphatic rings. The molecule has 1 aromatic carbocycles. The number of fused-ring (bicyclic) bond motifs is 1. The molecule has 0 N–H and O–H groups in total. The number of rotatable bonds is 4. The Bertz CT molecular complexity index is 721. The predicted octanol–water partition coefficient (Wildman–Crippen LogP) is 2.36. The molecular weight excluding hydrogens is 292 g/mol. The largest absolute Gasteiger partial charge is 0.485 e. The molecule has 1 unspecified atom stereocenters. The number of para-hydroxylation sites is 2. The van der Waals surface area contributed by atoms with Crippen molar-refractivity contribution in [2.24, 2.45) is 7.05 Å². The van der Waals surface area contributed by atoms with E-state index in [0.717, 1.165) is 18.5 Å². The fraction of sp³-hybridized carbons (Fsp3) is 0.389. The van der Waals surface area contributed by atoms with E-state index in [1.165, 1.54) is 0 Å². The van der Waals surface area contributed by atoms with Crippen LogP contribution in [0.4, 0.5) is 0 Å². The fourth-order valence-corrected chi connectivity index (χ4v) is 2.93. The number of ether oxygens (including phenoxy) is 2. The maximum Gasteiger partial charge on any atom is 0.267 e. The van der Waals surface area contributed by atoms with Gasteiger partial charge in [0, 0.05) is 25.0 Å². The molecule has 0 bridgehead atoms. The third-order valence-corrected chi connectivity index (χ3v) is 4.44. The van der Waals surface area contributed by atoms with Gasteiger partial charge in [0.2, 0.25) is 6.10 Å². The van der Waals surface area contributed by atoms with Gasteiger partial charge in [-0.2, -0.15) is 0 Å². The van der Waals surface area contributed by atoms with Crippen molar-refractivity contribution in [1.29, 1.82) is 0 Å². The summed E-state index contributed by atoms with van der Waals surface area (Å²) in [6.07, 6.45) is 3.58. The zero-order chi connectivity index (χ0) is 15.8. The Hall–Kier alpha value is -2.43. The van der Waals surface area contributed by atoms with Gasteiger partial charge in [0.05, 0.1) is 6.54 Å². The van der Waals surface area contributed by atoms with Gasteiger partial charge in [0.15, 0.2) is 11.5 Å². The number of aryl methyl sites for hydroxylation is 1. The van der Waals surface area contributed by atoms with E-state index in [1.807, 2.05) is 48.5 Å². The SMILES string of the molecule is Cn1cccc1CN(C(=O)C1COc2ccccc2O1)C1CC1. The molecule has 1 aliphatic heterocycles. The van der Waals surface area contributed by atoms with Crippen molar-refractivity contribution >= 4 is 5.91 Å². The van der Waals surface area contributed by atoms with Gasteiger partial charge in [-0.05, 0) is 37.1 Å². The van der Waals surface area contributed by atoms with Gasteiger partial charge in [-0.1, -0.05) is 12.1 Å². The highest BCUT2D eigenvalue weighted by atomic mass is 16.6. The van der Waals surface area contributed by atoms with Crippen LogP contribution >= 0.6 is 0 Å². The average Bonchev–Trinajstić information content (AvgIpc) is 3.34. The summed E-state index contributed by atoms with van der Waals surface area (Å²) in [7, 11) is 2.00. The van der Waals surface area contributed by atoms with Gasteiger partial charge in [-0.15, -0.1) is 0 Å². The summed E-state index contributed by atoms with van der Waals surface area (Å²) in [5.41, 5.74) is 1.13. The van der Waals surface area contributed by atoms with Gasteiger partial charge in [0.1, 0.15) is 6.61 Å². The summed E-state index contributed by atoms with van der Waals surface area (Å²) in [6, 6.07) is 11.9. The molecule has 1 atom stereocenters. The highest BCUT2D eigenvalue weighted by Crippen LogP contribution is 2.34. The zero-order valence-corrected chi connectivity index (χ0v) is 13.1. The van der Waals surface area contributed by atoms with E-state index in [1.54, 1.807) is 0 Å². The Morgan fingerprint density at radius 1 is 1.22 bits per heavy atom. The van der Waals surface area contributed by atoms with Crippen LogP contribution in [0.3, 0.4) is 0 Å². The Morgan fingerprint density at radius 2 is 2.00 bits per heavy atom. The maximum absolute atomic E-state index is 12.9. The molecule has 4 rings (SSSR count). The monoisotopic (exact) mass is 312 g/mol. The number of benzene rings is 1. The first-order chi connectivity index (χ1) is 11.2. The predicted molar refractivity (Wildman–Crippen MR) is 85.3 cm³/mol. The molecule has 120 valence electrons. The molecule has 0 spiro atoms. The highest BCUT2D eigenvalue weighted by molar-refractivity contribution is 5.82. The van der Waals surface area contributed by atoms with Crippen LogP contribution < -0.4 is 9.47 Å². The van der Waals surface area contributed by atoms with Crippen LogP contribution in [0.25, 0.3) is 0 Å². The minimum absolute atomic E-state index is 0.0169. The van der Waals surface area contributed by atoms with Crippen molar-refractivity contribution < 1.29 is 14.3 Å². The molecule has 5 nitrogen and oxygen atoms in total. The molecule has 1 amide bonds. The smallest absolute Gasteiger partial charge is 0.267 e. The van der Waals surface area contributed by atoms with E-state index >= 15 is 0 Å². The first-order valence-corrected chi connectivity index (χ1v) is 8.01. The zero-order valence-electron chi connectivity index (χ0n) is 13.1. The minimum Gasteiger partial charge on any atom is -0.485 e. The van der Waals surface area contributed by atoms with Crippen LogP contribution in [0.2, 0.25) is 0 Å². The lowest BCUT2D eigenvalue weighted by molar-refractivity contribution is -0.142. The molecule has 5 heteroatoms. The van der Waals surface area contributed by atoms with Crippen molar-refractivity contribution in [1.82, 2.24) is 9.47 Å². The van der Waals surface area contributed by atoms with E-state index in [9.17, 15) is 4.79 Å². The number of carbonyl (C=O) groups excluding carboxylic acids is 1. The highest BCUT2D eigenvalue weighted by Gasteiger charge is 2.38. The molecule has 2 heterocycles. The van der Waals surface area contributed by atoms with Crippen LogP contribution in [0, 0.1) is 0 Å². The molecule has 2 aromatic rings. The van der Waals surface area contributed by atoms with E-state index in [0.29, 0.717) is 24.1 Å². The van der Waals surface area contributed by atoms with Gasteiger partial charge >= 0.3 is 0 Å². The number of amides is 1. The van der Waals surface area contributed by atoms with E-state index < -0.39 is 6.10 Å². The molecule has 1 aliphatic carbocycles. The van der Waals surface area contributed by atoms with Crippen molar-refractivity contribution in [3.05, 3.63) is 48.3 Å². The molecular formula is C18H20N2O3. The second-order valence-corrected chi connectivity index (χ2v) is 6.17. The maximum atomic E-state index is 12.9. The van der Waals surface area contributed by atoms with Crippen molar-refractivity contribution in [2.75, 3.05) is 6.61 Å². The summed E-state index contributed by atoms with van der Waals surface area (Å²) >= 11 is 0. The third-order valence-electron chi connectivity index (χ3n) is 4.44. The van der Waals surface area contributed by atoms with Crippen molar-refractivity contribution in [3.63, 3.8) is 0 Å². The van der Waals surface area contributed by atoms with Gasteiger partial charge in [-0.25, -0.2) is 0 Å². The molecule has 0 saturated heterocycles. The molecule has 1 saturated carbocycles. The Labute approximate surface area is 135 Å². The lowest BCUT2D eigenvalue weighted by atomic mass is 10.2. The third kappa shape index (κ3) is 2.79. The van der Waals surface area contributed by atoms with Crippen LogP contribution in [0.15, 0.2) is 42.6 Å². The topological polar surface area (TPSA) is 43.7 Å². The first-order valence-electron chi connectivity index (χ1n) is 8.01. The van der Waals surface area contributed by atoms with E-state index in [-0.39, 0.29) is 12.5 Å². The van der Waals surface area contributed by atoms with Gasteiger partial charge in [-0.3, -0.25) is 4.79 Å². The summed E-state index contributed by atoms with van der Waals surface area (Å²) in [6.45, 7) is 0.890. The Kier molecular flexibility index (Phi) is 3.48.